The second-order valence-electron chi connectivity index (χ2n) is 10.6. The lowest BCUT2D eigenvalue weighted by Gasteiger charge is -2.35. The Morgan fingerprint density at radius 2 is 1.75 bits per heavy atom. The zero-order chi connectivity index (χ0) is 28.0. The minimum Gasteiger partial charge on any atom is -0.508 e. The van der Waals surface area contributed by atoms with Crippen molar-refractivity contribution >= 4 is 45.0 Å². The summed E-state index contributed by atoms with van der Waals surface area (Å²) in [6.07, 6.45) is 1.59. The van der Waals surface area contributed by atoms with Gasteiger partial charge < -0.3 is 24.5 Å². The van der Waals surface area contributed by atoms with Crippen molar-refractivity contribution in [1.29, 1.82) is 0 Å². The number of fused-ring (bicyclic) bond motifs is 2. The van der Waals surface area contributed by atoms with Crippen LogP contribution >= 0.6 is 11.6 Å². The van der Waals surface area contributed by atoms with Crippen LogP contribution < -0.4 is 9.64 Å². The molecule has 10 heteroatoms. The zero-order valence-corrected chi connectivity index (χ0v) is 23.3. The molecule has 2 aliphatic heterocycles. The number of hydrogen-bond acceptors (Lipinski definition) is 7. The maximum atomic E-state index is 16.6. The molecule has 1 amide bonds. The van der Waals surface area contributed by atoms with E-state index in [1.165, 1.54) is 6.07 Å². The number of carbonyl (C=O) groups excluding carboxylic acids is 1. The molecule has 2 fully saturated rings. The second kappa shape index (κ2) is 10.7. The van der Waals surface area contributed by atoms with Crippen LogP contribution in [0, 0.1) is 5.82 Å². The summed E-state index contributed by atoms with van der Waals surface area (Å²) in [5.41, 5.74) is 0.749. The average Bonchev–Trinajstić information content (AvgIpc) is 2.94. The van der Waals surface area contributed by atoms with Gasteiger partial charge in [-0.1, -0.05) is 35.9 Å². The Bertz CT molecular complexity index is 1600. The molecule has 0 unspecified atom stereocenters. The predicted molar refractivity (Wildman–Crippen MR) is 155 cm³/mol. The van der Waals surface area contributed by atoms with Gasteiger partial charge in [0.2, 0.25) is 5.91 Å². The van der Waals surface area contributed by atoms with Crippen molar-refractivity contribution in [3.63, 3.8) is 0 Å². The molecule has 0 atom stereocenters. The predicted octanol–water partition coefficient (Wildman–Crippen LogP) is 5.09. The van der Waals surface area contributed by atoms with E-state index in [2.05, 4.69) is 16.9 Å². The fourth-order valence-electron chi connectivity index (χ4n) is 5.69. The maximum absolute atomic E-state index is 16.6. The number of hydrogen-bond donors (Lipinski definition) is 1. The molecule has 0 spiro atoms. The smallest absolute Gasteiger partial charge is 0.319 e. The Labute approximate surface area is 236 Å². The first-order valence-electron chi connectivity index (χ1n) is 13.6. The van der Waals surface area contributed by atoms with Crippen molar-refractivity contribution in [3.05, 3.63) is 53.3 Å². The van der Waals surface area contributed by atoms with Gasteiger partial charge in [0.05, 0.1) is 5.02 Å². The van der Waals surface area contributed by atoms with E-state index in [4.69, 9.17) is 21.3 Å². The number of anilines is 1. The minimum absolute atomic E-state index is 0.0160. The number of phenols is 1. The number of ether oxygens (including phenoxy) is 1. The summed E-state index contributed by atoms with van der Waals surface area (Å²) in [6.45, 7) is 5.51. The van der Waals surface area contributed by atoms with Crippen molar-refractivity contribution in [2.75, 3.05) is 51.2 Å². The van der Waals surface area contributed by atoms with Gasteiger partial charge in [-0.15, -0.1) is 0 Å². The van der Waals surface area contributed by atoms with E-state index in [9.17, 15) is 9.90 Å². The van der Waals surface area contributed by atoms with Crippen LogP contribution in [0.4, 0.5) is 10.2 Å². The summed E-state index contributed by atoms with van der Waals surface area (Å²) in [5.74, 6) is -0.0282. The Kier molecular flexibility index (Phi) is 7.10. The van der Waals surface area contributed by atoms with E-state index in [-0.39, 0.29) is 39.9 Å². The van der Waals surface area contributed by atoms with E-state index < -0.39 is 5.82 Å². The summed E-state index contributed by atoms with van der Waals surface area (Å²) in [7, 11) is 2.08. The number of amides is 1. The first kappa shape index (κ1) is 26.5. The molecule has 8 nitrogen and oxygen atoms in total. The largest absolute Gasteiger partial charge is 0.508 e. The Hall–Kier alpha value is -3.69. The van der Waals surface area contributed by atoms with E-state index in [0.717, 1.165) is 36.7 Å². The van der Waals surface area contributed by atoms with Crippen LogP contribution in [0.1, 0.15) is 19.8 Å². The van der Waals surface area contributed by atoms with Gasteiger partial charge >= 0.3 is 6.01 Å². The van der Waals surface area contributed by atoms with Crippen LogP contribution in [0.25, 0.3) is 32.8 Å². The van der Waals surface area contributed by atoms with Crippen LogP contribution in [0.15, 0.2) is 42.5 Å². The lowest BCUT2D eigenvalue weighted by atomic mass is 9.96. The zero-order valence-electron chi connectivity index (χ0n) is 22.5. The van der Waals surface area contributed by atoms with Gasteiger partial charge in [-0.25, -0.2) is 4.39 Å². The molecule has 3 aromatic carbocycles. The van der Waals surface area contributed by atoms with Gasteiger partial charge in [0, 0.05) is 57.1 Å². The molecular weight excluding hydrogens is 533 g/mol. The van der Waals surface area contributed by atoms with Gasteiger partial charge in [-0.2, -0.15) is 9.97 Å². The van der Waals surface area contributed by atoms with Crippen molar-refractivity contribution in [2.24, 2.45) is 0 Å². The van der Waals surface area contributed by atoms with Crippen LogP contribution in [-0.4, -0.2) is 83.2 Å². The molecule has 4 aromatic rings. The van der Waals surface area contributed by atoms with Gasteiger partial charge in [0.1, 0.15) is 23.2 Å². The lowest BCUT2D eigenvalue weighted by molar-refractivity contribution is -0.129. The molecule has 1 N–H and O–H groups in total. The highest BCUT2D eigenvalue weighted by molar-refractivity contribution is 6.35. The molecule has 6 rings (SSSR count). The fourth-order valence-corrected chi connectivity index (χ4v) is 5.98. The third-order valence-electron chi connectivity index (χ3n) is 7.92. The SMILES string of the molecule is CC(=O)N1CCN(c2nc(OC3CCN(C)CC3)nc3c(F)c(-c4cc(O)cc5ccccc45)c(Cl)cc23)CC1. The third-order valence-corrected chi connectivity index (χ3v) is 8.22. The first-order valence-corrected chi connectivity index (χ1v) is 13.9. The molecule has 208 valence electrons. The number of phenolic OH excluding ortho intramolecular Hbond substituents is 1. The number of rotatable bonds is 4. The molecule has 0 aliphatic carbocycles. The first-order chi connectivity index (χ1) is 19.3. The number of benzene rings is 3. The maximum Gasteiger partial charge on any atom is 0.319 e. The summed E-state index contributed by atoms with van der Waals surface area (Å²) < 4.78 is 22.9. The standard InChI is InChI=1S/C30H31ClFN5O3/c1-18(38)36-11-13-37(14-12-36)29-24-17-25(31)26(23-16-20(39)15-19-5-3-4-6-22(19)23)27(32)28(24)33-30(34-29)40-21-7-9-35(2)10-8-21/h3-6,15-17,21,39H,7-14H2,1-2H3. The second-order valence-corrected chi connectivity index (χ2v) is 11.0. The normalized spacial score (nSPS) is 17.1. The Morgan fingerprint density at radius 3 is 2.48 bits per heavy atom. The van der Waals surface area contributed by atoms with Crippen molar-refractivity contribution in [1.82, 2.24) is 19.8 Å². The topological polar surface area (TPSA) is 82.0 Å². The molecular formula is C30H31ClFN5O3. The fraction of sp³-hybridized carbons (Fsp3) is 0.367. The van der Waals surface area contributed by atoms with E-state index in [1.54, 1.807) is 24.0 Å². The van der Waals surface area contributed by atoms with Crippen LogP contribution in [0.3, 0.4) is 0 Å². The quantitative estimate of drug-likeness (QED) is 0.370. The monoisotopic (exact) mass is 563 g/mol. The highest BCUT2D eigenvalue weighted by atomic mass is 35.5. The van der Waals surface area contributed by atoms with E-state index in [0.29, 0.717) is 42.9 Å². The van der Waals surface area contributed by atoms with Crippen LogP contribution in [-0.2, 0) is 4.79 Å². The van der Waals surface area contributed by atoms with Crippen molar-refractivity contribution < 1.29 is 19.0 Å². The lowest BCUT2D eigenvalue weighted by Crippen LogP contribution is -2.48. The van der Waals surface area contributed by atoms with Crippen molar-refractivity contribution in [2.45, 2.75) is 25.9 Å². The summed E-state index contributed by atoms with van der Waals surface area (Å²) in [5, 5.41) is 12.6. The molecule has 2 aliphatic rings. The van der Waals surface area contributed by atoms with E-state index in [1.807, 2.05) is 29.2 Å². The van der Waals surface area contributed by atoms with Gasteiger partial charge in [0.25, 0.3) is 0 Å². The van der Waals surface area contributed by atoms with Gasteiger partial charge in [-0.3, -0.25) is 4.79 Å². The molecule has 0 bridgehead atoms. The number of nitrogens with zero attached hydrogens (tertiary/aromatic N) is 5. The molecule has 2 saturated heterocycles. The average molecular weight is 564 g/mol. The van der Waals surface area contributed by atoms with Gasteiger partial charge in [0.15, 0.2) is 5.82 Å². The highest BCUT2D eigenvalue weighted by Gasteiger charge is 2.27. The van der Waals surface area contributed by atoms with Crippen LogP contribution in [0.2, 0.25) is 5.02 Å². The number of likely N-dealkylation sites (tertiary alicyclic amines) is 1. The number of halogens is 2. The van der Waals surface area contributed by atoms with Crippen LogP contribution in [0.5, 0.6) is 11.8 Å². The van der Waals surface area contributed by atoms with Crippen molar-refractivity contribution in [3.8, 4) is 22.9 Å². The molecule has 3 heterocycles. The third kappa shape index (κ3) is 4.99. The number of piperidine rings is 1. The number of aromatic hydroxyl groups is 1. The summed E-state index contributed by atoms with van der Waals surface area (Å²) in [6, 6.07) is 12.4. The number of aromatic nitrogens is 2. The molecule has 0 saturated carbocycles. The van der Waals surface area contributed by atoms with E-state index >= 15 is 4.39 Å². The summed E-state index contributed by atoms with van der Waals surface area (Å²) >= 11 is 6.80. The molecule has 0 radical (unpaired) electrons. The molecule has 1 aromatic heterocycles. The number of carbonyl (C=O) groups is 1. The number of piperazine rings is 1. The Morgan fingerprint density at radius 1 is 1.02 bits per heavy atom. The van der Waals surface area contributed by atoms with Gasteiger partial charge in [-0.05, 0) is 54.4 Å². The highest BCUT2D eigenvalue weighted by Crippen LogP contribution is 2.42. The minimum atomic E-state index is -0.600. The Balaban J connectivity index is 1.50. The summed E-state index contributed by atoms with van der Waals surface area (Å²) in [4.78, 5) is 27.3. The molecule has 40 heavy (non-hydrogen) atoms.